The molecule has 0 bridgehead atoms. The lowest BCUT2D eigenvalue weighted by Gasteiger charge is -2.34. The molecule has 0 unspecified atom stereocenters. The van der Waals surface area contributed by atoms with Gasteiger partial charge in [-0.2, -0.15) is 4.31 Å². The molecule has 8 heteroatoms. The average Bonchev–Trinajstić information content (AvgIpc) is 2.80. The molecule has 31 heavy (non-hydrogen) atoms. The Kier molecular flexibility index (Phi) is 8.66. The third kappa shape index (κ3) is 6.64. The number of benzene rings is 1. The smallest absolute Gasteiger partial charge is 0.309 e. The third-order valence-corrected chi connectivity index (χ3v) is 7.98. The molecular weight excluding hydrogens is 414 g/mol. The molecule has 1 aromatic rings. The van der Waals surface area contributed by atoms with Gasteiger partial charge in [-0.3, -0.25) is 9.59 Å². The number of carbonyl (C=O) groups is 2. The van der Waals surface area contributed by atoms with Crippen molar-refractivity contribution in [1.29, 1.82) is 0 Å². The van der Waals surface area contributed by atoms with Crippen LogP contribution in [0.25, 0.3) is 0 Å². The highest BCUT2D eigenvalue weighted by molar-refractivity contribution is 7.89. The molecule has 3 rings (SSSR count). The van der Waals surface area contributed by atoms with Crippen LogP contribution in [0.4, 0.5) is 0 Å². The number of sulfonamides is 1. The molecule has 0 spiro atoms. The van der Waals surface area contributed by atoms with E-state index in [0.29, 0.717) is 24.4 Å². The first kappa shape index (κ1) is 23.5. The summed E-state index contributed by atoms with van der Waals surface area (Å²) < 4.78 is 27.6. The Balaban J connectivity index is 1.45. The Morgan fingerprint density at radius 2 is 1.71 bits per heavy atom. The number of carbonyl (C=O) groups excluding carboxylic acids is 2. The molecule has 1 fully saturated rings. The Morgan fingerprint density at radius 1 is 0.968 bits per heavy atom. The summed E-state index contributed by atoms with van der Waals surface area (Å²) in [6.07, 6.45) is 10.6. The van der Waals surface area contributed by atoms with Gasteiger partial charge in [0.15, 0.2) is 0 Å². The number of nitrogens with zero attached hydrogens (tertiary/aromatic N) is 1. The summed E-state index contributed by atoms with van der Waals surface area (Å²) in [5.74, 6) is -1.29. The Bertz CT molecular complexity index is 883. The van der Waals surface area contributed by atoms with Gasteiger partial charge in [-0.25, -0.2) is 8.42 Å². The minimum Gasteiger partial charge on any atom is -0.348 e. The van der Waals surface area contributed by atoms with Gasteiger partial charge in [0, 0.05) is 25.7 Å². The molecule has 2 aliphatic rings. The number of rotatable bonds is 8. The lowest BCUT2D eigenvalue weighted by Crippen LogP contribution is -2.46. The summed E-state index contributed by atoms with van der Waals surface area (Å²) >= 11 is 0. The zero-order valence-corrected chi connectivity index (χ0v) is 18.8. The molecule has 2 amide bonds. The fourth-order valence-electron chi connectivity index (χ4n) is 4.29. The molecule has 0 saturated carbocycles. The summed E-state index contributed by atoms with van der Waals surface area (Å²) in [6.45, 7) is 1.21. The Hall–Kier alpha value is -2.19. The molecule has 7 nitrogen and oxygen atoms in total. The molecule has 1 heterocycles. The Labute approximate surface area is 185 Å². The lowest BCUT2D eigenvalue weighted by molar-refractivity contribution is -0.139. The van der Waals surface area contributed by atoms with Crippen LogP contribution in [0.1, 0.15) is 57.8 Å². The van der Waals surface area contributed by atoms with Crippen molar-refractivity contribution in [3.05, 3.63) is 42.0 Å². The normalized spacial score (nSPS) is 20.0. The van der Waals surface area contributed by atoms with E-state index in [-0.39, 0.29) is 12.6 Å². The van der Waals surface area contributed by atoms with Crippen molar-refractivity contribution in [1.82, 2.24) is 14.9 Å². The molecule has 1 aliphatic heterocycles. The number of allylic oxidation sites excluding steroid dienone is 1. The second-order valence-corrected chi connectivity index (χ2v) is 10.1. The maximum atomic E-state index is 13.0. The van der Waals surface area contributed by atoms with Crippen LogP contribution in [0.3, 0.4) is 0 Å². The van der Waals surface area contributed by atoms with E-state index in [9.17, 15) is 18.0 Å². The second kappa shape index (κ2) is 11.4. The fraction of sp³-hybridized carbons (Fsp3) is 0.565. The predicted octanol–water partition coefficient (Wildman–Crippen LogP) is 2.74. The van der Waals surface area contributed by atoms with E-state index in [1.807, 2.05) is 0 Å². The van der Waals surface area contributed by atoms with Gasteiger partial charge in [-0.05, 0) is 63.5 Å². The summed E-state index contributed by atoms with van der Waals surface area (Å²) in [5, 5.41) is 5.32. The van der Waals surface area contributed by atoms with Crippen LogP contribution >= 0.6 is 0 Å². The molecule has 1 saturated heterocycles. The summed E-state index contributed by atoms with van der Waals surface area (Å²) in [5.41, 5.74) is 1.35. The first-order chi connectivity index (χ1) is 15.0. The van der Waals surface area contributed by atoms with Gasteiger partial charge in [0.2, 0.25) is 10.0 Å². The van der Waals surface area contributed by atoms with Gasteiger partial charge in [-0.1, -0.05) is 36.3 Å². The topological polar surface area (TPSA) is 95.6 Å². The Morgan fingerprint density at radius 3 is 2.42 bits per heavy atom. The van der Waals surface area contributed by atoms with Gasteiger partial charge < -0.3 is 10.6 Å². The van der Waals surface area contributed by atoms with Crippen molar-refractivity contribution in [2.75, 3.05) is 19.6 Å². The third-order valence-electron chi connectivity index (χ3n) is 6.01. The quantitative estimate of drug-likeness (QED) is 0.473. The summed E-state index contributed by atoms with van der Waals surface area (Å²) in [6, 6.07) is 8.26. The van der Waals surface area contributed by atoms with Crippen LogP contribution in [-0.2, 0) is 19.6 Å². The van der Waals surface area contributed by atoms with Crippen LogP contribution in [0.15, 0.2) is 46.9 Å². The van der Waals surface area contributed by atoms with Crippen molar-refractivity contribution in [3.63, 3.8) is 0 Å². The van der Waals surface area contributed by atoms with Crippen molar-refractivity contribution in [2.45, 2.75) is 68.7 Å². The van der Waals surface area contributed by atoms with E-state index in [1.165, 1.54) is 18.4 Å². The van der Waals surface area contributed by atoms with Crippen LogP contribution < -0.4 is 10.6 Å². The minimum absolute atomic E-state index is 0.180. The maximum Gasteiger partial charge on any atom is 0.309 e. The van der Waals surface area contributed by atoms with E-state index in [4.69, 9.17) is 0 Å². The monoisotopic (exact) mass is 447 g/mol. The lowest BCUT2D eigenvalue weighted by atomic mass is 9.97. The number of amides is 2. The molecule has 170 valence electrons. The van der Waals surface area contributed by atoms with Gasteiger partial charge >= 0.3 is 11.8 Å². The van der Waals surface area contributed by atoms with Crippen LogP contribution in [0.2, 0.25) is 0 Å². The zero-order valence-electron chi connectivity index (χ0n) is 18.0. The molecular formula is C23H33N3O4S. The largest absolute Gasteiger partial charge is 0.348 e. The van der Waals surface area contributed by atoms with E-state index in [1.54, 1.807) is 34.6 Å². The SMILES string of the molecule is O=C(NCCC1=CCCCC1)C(=O)NCC[C@@H]1CCCCN1S(=O)(=O)c1ccccc1. The van der Waals surface area contributed by atoms with Crippen LogP contribution in [0, 0.1) is 0 Å². The van der Waals surface area contributed by atoms with Gasteiger partial charge in [0.05, 0.1) is 4.90 Å². The minimum atomic E-state index is -3.56. The van der Waals surface area contributed by atoms with E-state index < -0.39 is 21.8 Å². The average molecular weight is 448 g/mol. The predicted molar refractivity (Wildman–Crippen MR) is 120 cm³/mol. The highest BCUT2D eigenvalue weighted by atomic mass is 32.2. The first-order valence-corrected chi connectivity index (χ1v) is 12.7. The molecule has 0 aromatic heterocycles. The van der Waals surface area contributed by atoms with Gasteiger partial charge in [0.25, 0.3) is 0 Å². The first-order valence-electron chi connectivity index (χ1n) is 11.3. The zero-order chi connectivity index (χ0) is 22.1. The number of hydrogen-bond donors (Lipinski definition) is 2. The second-order valence-electron chi connectivity index (χ2n) is 8.24. The number of piperidine rings is 1. The molecule has 1 aromatic carbocycles. The van der Waals surface area contributed by atoms with Crippen molar-refractivity contribution >= 4 is 21.8 Å². The molecule has 1 aliphatic carbocycles. The number of hydrogen-bond acceptors (Lipinski definition) is 4. The highest BCUT2D eigenvalue weighted by Crippen LogP contribution is 2.26. The van der Waals surface area contributed by atoms with Crippen molar-refractivity contribution in [3.8, 4) is 0 Å². The molecule has 0 radical (unpaired) electrons. The summed E-state index contributed by atoms with van der Waals surface area (Å²) in [4.78, 5) is 24.4. The van der Waals surface area contributed by atoms with Gasteiger partial charge in [0.1, 0.15) is 0 Å². The van der Waals surface area contributed by atoms with E-state index in [2.05, 4.69) is 16.7 Å². The standard InChI is InChI=1S/C23H33N3O4S/c27-22(24-16-14-19-9-3-1-4-10-19)23(28)25-17-15-20-11-7-8-18-26(20)31(29,30)21-12-5-2-6-13-21/h2,5-6,9,12-13,20H,1,3-4,7-8,10-11,14-18H2,(H,24,27)(H,25,28)/t20-/m0/s1. The molecule has 2 N–H and O–H groups in total. The number of nitrogens with one attached hydrogen (secondary N) is 2. The fourth-order valence-corrected chi connectivity index (χ4v) is 6.03. The maximum absolute atomic E-state index is 13.0. The van der Waals surface area contributed by atoms with Crippen LogP contribution in [-0.4, -0.2) is 50.2 Å². The van der Waals surface area contributed by atoms with Crippen molar-refractivity contribution in [2.24, 2.45) is 0 Å². The van der Waals surface area contributed by atoms with Crippen LogP contribution in [0.5, 0.6) is 0 Å². The molecule has 1 atom stereocenters. The van der Waals surface area contributed by atoms with E-state index in [0.717, 1.165) is 38.5 Å². The summed E-state index contributed by atoms with van der Waals surface area (Å²) in [7, 11) is -3.56. The van der Waals surface area contributed by atoms with E-state index >= 15 is 0 Å². The highest BCUT2D eigenvalue weighted by Gasteiger charge is 2.33. The van der Waals surface area contributed by atoms with Gasteiger partial charge in [-0.15, -0.1) is 0 Å². The van der Waals surface area contributed by atoms with Crippen molar-refractivity contribution < 1.29 is 18.0 Å².